The van der Waals surface area contributed by atoms with Crippen molar-refractivity contribution in [3.63, 3.8) is 0 Å². The molecule has 0 aromatic carbocycles. The van der Waals surface area contributed by atoms with Crippen LogP contribution in [0.25, 0.3) is 0 Å². The van der Waals surface area contributed by atoms with Crippen molar-refractivity contribution in [3.05, 3.63) is 0 Å². The lowest BCUT2D eigenvalue weighted by Crippen LogP contribution is -2.46. The fourth-order valence-electron chi connectivity index (χ4n) is 1.38. The first kappa shape index (κ1) is 18.9. The number of Topliss-reactive ketones (excluding diaryl/α,β-unsaturated/α-hetero) is 1. The Bertz CT molecular complexity index is 430. The highest BCUT2D eigenvalue weighted by molar-refractivity contribution is 6.25. The number of methoxy groups -OCH3 is 1. The zero-order valence-corrected chi connectivity index (χ0v) is 12.7. The number of ketones is 1. The van der Waals surface area contributed by atoms with Crippen LogP contribution in [-0.4, -0.2) is 54.0 Å². The van der Waals surface area contributed by atoms with Gasteiger partial charge >= 0.3 is 12.2 Å². The maximum absolute atomic E-state index is 11.9. The zero-order valence-electron chi connectivity index (χ0n) is 12.7. The summed E-state index contributed by atoms with van der Waals surface area (Å²) in [4.78, 5) is 37.8. The van der Waals surface area contributed by atoms with Crippen molar-refractivity contribution < 1.29 is 28.6 Å². The van der Waals surface area contributed by atoms with Gasteiger partial charge in [-0.2, -0.15) is 0 Å². The van der Waals surface area contributed by atoms with Gasteiger partial charge in [-0.05, 0) is 27.2 Å². The molecule has 0 spiro atoms. The molecule has 0 bridgehead atoms. The summed E-state index contributed by atoms with van der Waals surface area (Å²) in [5, 5.41) is 2.49. The molecule has 0 aromatic rings. The van der Waals surface area contributed by atoms with Crippen LogP contribution in [-0.2, 0) is 23.9 Å². The van der Waals surface area contributed by atoms with Gasteiger partial charge in [0.25, 0.3) is 0 Å². The molecule has 0 rings (SSSR count). The molecule has 0 aliphatic rings. The number of nitrogens with one attached hydrogen (secondary N) is 2. The first-order valence-corrected chi connectivity index (χ1v) is 6.58. The van der Waals surface area contributed by atoms with Crippen LogP contribution in [0.15, 0.2) is 0 Å². The molecule has 2 N–H and O–H groups in total. The predicted octanol–water partition coefficient (Wildman–Crippen LogP) is 0.117. The van der Waals surface area contributed by atoms with Crippen molar-refractivity contribution in [2.45, 2.75) is 51.9 Å². The minimum Gasteiger partial charge on any atom is -0.461 e. The first-order chi connectivity index (χ1) is 9.81. The summed E-state index contributed by atoms with van der Waals surface area (Å²) in [6.07, 6.45) is -0.155. The molecule has 0 saturated heterocycles. The Morgan fingerprint density at radius 2 is 1.90 bits per heavy atom. The Hall–Kier alpha value is -2.05. The molecule has 1 amide bonds. The lowest BCUT2D eigenvalue weighted by atomic mass is 10.1. The van der Waals surface area contributed by atoms with Gasteiger partial charge in [0.15, 0.2) is 0 Å². The van der Waals surface area contributed by atoms with Crippen molar-refractivity contribution in [1.29, 1.82) is 5.53 Å². The van der Waals surface area contributed by atoms with Gasteiger partial charge in [0.2, 0.25) is 11.7 Å². The van der Waals surface area contributed by atoms with E-state index in [1.54, 1.807) is 13.8 Å². The molecule has 21 heavy (non-hydrogen) atoms. The number of nitrogens with zero attached hydrogens (tertiary/aromatic N) is 1. The Morgan fingerprint density at radius 1 is 1.29 bits per heavy atom. The highest BCUT2D eigenvalue weighted by Crippen LogP contribution is 2.04. The molecule has 0 aromatic heterocycles. The van der Waals surface area contributed by atoms with E-state index in [1.807, 2.05) is 0 Å². The van der Waals surface area contributed by atoms with Crippen molar-refractivity contribution in [1.82, 2.24) is 5.32 Å². The van der Waals surface area contributed by atoms with Crippen LogP contribution in [0.1, 0.15) is 33.6 Å². The molecule has 0 heterocycles. The summed E-state index contributed by atoms with van der Waals surface area (Å²) in [6, 6.07) is -0.944. The van der Waals surface area contributed by atoms with E-state index in [4.69, 9.17) is 15.0 Å². The van der Waals surface area contributed by atoms with Gasteiger partial charge in [0.1, 0.15) is 12.1 Å². The second-order valence-electron chi connectivity index (χ2n) is 4.69. The Balaban J connectivity index is 4.75. The molecule has 2 atom stereocenters. The third-order valence-corrected chi connectivity index (χ3v) is 2.56. The Morgan fingerprint density at radius 3 is 2.38 bits per heavy atom. The van der Waals surface area contributed by atoms with Crippen LogP contribution in [0.5, 0.6) is 0 Å². The predicted molar refractivity (Wildman–Crippen MR) is 72.9 cm³/mol. The minimum absolute atomic E-state index is 0.0259. The van der Waals surface area contributed by atoms with E-state index in [1.165, 1.54) is 14.0 Å². The average Bonchev–Trinajstić information content (AvgIpc) is 2.41. The van der Waals surface area contributed by atoms with E-state index < -0.39 is 29.8 Å². The summed E-state index contributed by atoms with van der Waals surface area (Å²) >= 11 is 0. The maximum atomic E-state index is 11.9. The van der Waals surface area contributed by atoms with Gasteiger partial charge in [0.05, 0.1) is 16.4 Å². The fourth-order valence-corrected chi connectivity index (χ4v) is 1.38. The Labute approximate surface area is 123 Å². The van der Waals surface area contributed by atoms with Crippen molar-refractivity contribution in [3.8, 4) is 0 Å². The number of hydrogen-bond donors (Lipinski definition) is 2. The van der Waals surface area contributed by atoms with Crippen molar-refractivity contribution in [2.75, 3.05) is 7.11 Å². The number of esters is 1. The summed E-state index contributed by atoms with van der Waals surface area (Å²) in [6.45, 7) is 4.91. The number of carbonyl (C=O) groups excluding carboxylic acids is 3. The summed E-state index contributed by atoms with van der Waals surface area (Å²) in [5.41, 5.74) is 6.56. The molecule has 0 aliphatic carbocycles. The highest BCUT2D eigenvalue weighted by Gasteiger charge is 2.26. The summed E-state index contributed by atoms with van der Waals surface area (Å²) in [7, 11) is 1.37. The molecule has 8 nitrogen and oxygen atoms in total. The van der Waals surface area contributed by atoms with E-state index in [0.29, 0.717) is 0 Å². The SMILES string of the molecule is CO[C@@H](C)C(=O)N[C@@H](CCC(=O)C=[N+]=N)C(=O)OC(C)C. The van der Waals surface area contributed by atoms with Gasteiger partial charge in [-0.1, -0.05) is 0 Å². The normalized spacial score (nSPS) is 13.0. The zero-order chi connectivity index (χ0) is 16.4. The number of carbonyl (C=O) groups is 3. The van der Waals surface area contributed by atoms with E-state index in [9.17, 15) is 14.4 Å². The second-order valence-corrected chi connectivity index (χ2v) is 4.69. The Kier molecular flexibility index (Phi) is 8.84. The lowest BCUT2D eigenvalue weighted by Gasteiger charge is -2.20. The number of amides is 1. The molecule has 0 fully saturated rings. The second kappa shape index (κ2) is 9.79. The number of hydrogen-bond acceptors (Lipinski definition) is 6. The van der Waals surface area contributed by atoms with Crippen LogP contribution in [0.2, 0.25) is 0 Å². The van der Waals surface area contributed by atoms with Gasteiger partial charge in [-0.3, -0.25) is 9.59 Å². The van der Waals surface area contributed by atoms with Gasteiger partial charge in [0, 0.05) is 13.5 Å². The highest BCUT2D eigenvalue weighted by atomic mass is 16.5. The fraction of sp³-hybridized carbons (Fsp3) is 0.692. The first-order valence-electron chi connectivity index (χ1n) is 6.58. The van der Waals surface area contributed by atoms with E-state index in [2.05, 4.69) is 10.1 Å². The topological polar surface area (TPSA) is 120 Å². The van der Waals surface area contributed by atoms with Crippen LogP contribution < -0.4 is 5.32 Å². The van der Waals surface area contributed by atoms with E-state index in [0.717, 1.165) is 6.21 Å². The van der Waals surface area contributed by atoms with Crippen LogP contribution in [0, 0.1) is 5.53 Å². The number of ether oxygens (including phenoxy) is 2. The van der Waals surface area contributed by atoms with Crippen LogP contribution >= 0.6 is 0 Å². The van der Waals surface area contributed by atoms with E-state index in [-0.39, 0.29) is 18.9 Å². The van der Waals surface area contributed by atoms with Crippen LogP contribution in [0.4, 0.5) is 0 Å². The van der Waals surface area contributed by atoms with E-state index >= 15 is 0 Å². The molecule has 0 aliphatic heterocycles. The molecule has 0 saturated carbocycles. The van der Waals surface area contributed by atoms with Gasteiger partial charge in [-0.15, -0.1) is 0 Å². The molecular weight excluding hydrogens is 278 g/mol. The van der Waals surface area contributed by atoms with Gasteiger partial charge < -0.3 is 14.8 Å². The van der Waals surface area contributed by atoms with Gasteiger partial charge in [-0.25, -0.2) is 4.79 Å². The third kappa shape index (κ3) is 7.96. The summed E-state index contributed by atoms with van der Waals surface area (Å²) in [5.74, 6) is -1.48. The standard InChI is InChI=1S/C13H21N3O5/c1-8(2)21-13(19)11(6-5-10(17)7-15-14)16-12(18)9(3)20-4/h7-9,11,14H,5-6H2,1-4H3/p+1/t9-,11-/m0/s1. The molecule has 0 radical (unpaired) electrons. The number of rotatable bonds is 9. The molecule has 118 valence electrons. The lowest BCUT2D eigenvalue weighted by molar-refractivity contribution is -0.152. The van der Waals surface area contributed by atoms with Crippen molar-refractivity contribution in [2.24, 2.45) is 0 Å². The van der Waals surface area contributed by atoms with Crippen LogP contribution in [0.3, 0.4) is 0 Å². The quantitative estimate of drug-likeness (QED) is 0.271. The monoisotopic (exact) mass is 300 g/mol. The third-order valence-electron chi connectivity index (χ3n) is 2.56. The molecule has 8 heteroatoms. The largest absolute Gasteiger partial charge is 0.461 e. The maximum Gasteiger partial charge on any atom is 0.372 e. The molecule has 0 unspecified atom stereocenters. The molecular formula is C13H22N3O5+. The summed E-state index contributed by atoms with van der Waals surface area (Å²) < 4.78 is 9.90. The smallest absolute Gasteiger partial charge is 0.372 e. The average molecular weight is 300 g/mol. The van der Waals surface area contributed by atoms with Crippen molar-refractivity contribution >= 4 is 23.9 Å². The minimum atomic E-state index is -0.944.